The van der Waals surface area contributed by atoms with Crippen molar-refractivity contribution in [3.05, 3.63) is 30.1 Å². The van der Waals surface area contributed by atoms with E-state index >= 15 is 0 Å². The van der Waals surface area contributed by atoms with E-state index < -0.39 is 5.82 Å². The molecule has 0 unspecified atom stereocenters. The van der Waals surface area contributed by atoms with Gasteiger partial charge in [-0.25, -0.2) is 4.39 Å². The van der Waals surface area contributed by atoms with E-state index in [0.717, 1.165) is 52.1 Å². The second-order valence-corrected chi connectivity index (χ2v) is 7.05. The molecule has 142 valence electrons. The van der Waals surface area contributed by atoms with Crippen molar-refractivity contribution in [1.29, 1.82) is 0 Å². The quantitative estimate of drug-likeness (QED) is 0.860. The van der Waals surface area contributed by atoms with Gasteiger partial charge in [-0.1, -0.05) is 12.1 Å². The molecule has 2 saturated heterocycles. The van der Waals surface area contributed by atoms with Crippen LogP contribution in [0.2, 0.25) is 0 Å². The second kappa shape index (κ2) is 8.60. The number of piperazine rings is 1. The molecule has 1 aromatic rings. The van der Waals surface area contributed by atoms with Crippen molar-refractivity contribution < 1.29 is 14.0 Å². The van der Waals surface area contributed by atoms with Gasteiger partial charge in [-0.2, -0.15) is 0 Å². The van der Waals surface area contributed by atoms with E-state index in [1.165, 1.54) is 6.07 Å². The Morgan fingerprint density at radius 1 is 1.08 bits per heavy atom. The highest BCUT2D eigenvalue weighted by Crippen LogP contribution is 2.15. The van der Waals surface area contributed by atoms with Gasteiger partial charge in [0.1, 0.15) is 5.82 Å². The third kappa shape index (κ3) is 4.59. The highest BCUT2D eigenvalue weighted by Gasteiger charge is 2.28. The third-order valence-electron chi connectivity index (χ3n) is 5.28. The molecule has 0 bridgehead atoms. The van der Waals surface area contributed by atoms with Crippen LogP contribution in [-0.2, 0) is 9.59 Å². The van der Waals surface area contributed by atoms with E-state index in [-0.39, 0.29) is 23.5 Å². The Morgan fingerprint density at radius 2 is 1.73 bits per heavy atom. The van der Waals surface area contributed by atoms with Crippen molar-refractivity contribution in [3.8, 4) is 0 Å². The zero-order valence-corrected chi connectivity index (χ0v) is 15.3. The van der Waals surface area contributed by atoms with Crippen LogP contribution in [0.1, 0.15) is 19.8 Å². The van der Waals surface area contributed by atoms with Gasteiger partial charge in [0.25, 0.3) is 0 Å². The minimum atomic E-state index is -0.432. The topological polar surface area (TPSA) is 55.9 Å². The first kappa shape index (κ1) is 18.8. The first-order valence-corrected chi connectivity index (χ1v) is 9.34. The van der Waals surface area contributed by atoms with Crippen LogP contribution in [0.5, 0.6) is 0 Å². The van der Waals surface area contributed by atoms with Crippen LogP contribution in [0.25, 0.3) is 0 Å². The first-order valence-electron chi connectivity index (χ1n) is 9.34. The summed E-state index contributed by atoms with van der Waals surface area (Å²) in [5.41, 5.74) is 0.208. The number of nitrogens with one attached hydrogen (secondary N) is 1. The lowest BCUT2D eigenvalue weighted by molar-refractivity contribution is -0.132. The standard InChI is InChI=1S/C19H27FN4O2/c1-15(19(26)21-17-7-3-2-6-16(17)20)23-12-10-22(11-13-23)14-18(25)24-8-4-5-9-24/h2-3,6-7,15H,4-5,8-14H2,1H3,(H,21,26)/t15-/m1/s1. The molecule has 1 aromatic carbocycles. The lowest BCUT2D eigenvalue weighted by Crippen LogP contribution is -2.54. The number of benzene rings is 1. The SMILES string of the molecule is C[C@H](C(=O)Nc1ccccc1F)N1CCN(CC(=O)N2CCCC2)CC1. The maximum Gasteiger partial charge on any atom is 0.241 e. The molecule has 1 atom stereocenters. The minimum Gasteiger partial charge on any atom is -0.342 e. The van der Waals surface area contributed by atoms with E-state index in [1.807, 2.05) is 11.8 Å². The molecule has 0 aromatic heterocycles. The number of hydrogen-bond acceptors (Lipinski definition) is 4. The molecule has 2 aliphatic rings. The third-order valence-corrected chi connectivity index (χ3v) is 5.28. The Labute approximate surface area is 153 Å². The van der Waals surface area contributed by atoms with Crippen LogP contribution in [0.4, 0.5) is 10.1 Å². The van der Waals surface area contributed by atoms with E-state index in [0.29, 0.717) is 6.54 Å². The van der Waals surface area contributed by atoms with Crippen molar-refractivity contribution >= 4 is 17.5 Å². The predicted molar refractivity (Wildman–Crippen MR) is 98.3 cm³/mol. The molecular formula is C19H27FN4O2. The maximum atomic E-state index is 13.7. The lowest BCUT2D eigenvalue weighted by atomic mass is 10.2. The summed E-state index contributed by atoms with van der Waals surface area (Å²) >= 11 is 0. The summed E-state index contributed by atoms with van der Waals surface area (Å²) in [6.07, 6.45) is 2.21. The van der Waals surface area contributed by atoms with Gasteiger partial charge in [-0.3, -0.25) is 19.4 Å². The van der Waals surface area contributed by atoms with Gasteiger partial charge in [0, 0.05) is 39.3 Å². The van der Waals surface area contributed by atoms with Gasteiger partial charge in [-0.05, 0) is 31.9 Å². The van der Waals surface area contributed by atoms with Crippen LogP contribution in [0.15, 0.2) is 24.3 Å². The van der Waals surface area contributed by atoms with Gasteiger partial charge >= 0.3 is 0 Å². The van der Waals surface area contributed by atoms with Crippen LogP contribution in [0, 0.1) is 5.82 Å². The summed E-state index contributed by atoms with van der Waals surface area (Å²) in [5.74, 6) is -0.434. The van der Waals surface area contributed by atoms with E-state index in [4.69, 9.17) is 0 Å². The molecule has 2 heterocycles. The van der Waals surface area contributed by atoms with Crippen LogP contribution in [-0.4, -0.2) is 78.4 Å². The van der Waals surface area contributed by atoms with Crippen molar-refractivity contribution in [1.82, 2.24) is 14.7 Å². The molecule has 2 amide bonds. The largest absolute Gasteiger partial charge is 0.342 e. The van der Waals surface area contributed by atoms with Crippen LogP contribution < -0.4 is 5.32 Å². The van der Waals surface area contributed by atoms with Gasteiger partial charge in [-0.15, -0.1) is 0 Å². The van der Waals surface area contributed by atoms with Gasteiger partial charge in [0.15, 0.2) is 0 Å². The normalized spacial score (nSPS) is 20.2. The summed E-state index contributed by atoms with van der Waals surface area (Å²) < 4.78 is 13.7. The zero-order valence-electron chi connectivity index (χ0n) is 15.3. The summed E-state index contributed by atoms with van der Waals surface area (Å²) in [6, 6.07) is 5.83. The fourth-order valence-corrected chi connectivity index (χ4v) is 3.53. The number of nitrogens with zero attached hydrogens (tertiary/aromatic N) is 3. The monoisotopic (exact) mass is 362 g/mol. The molecule has 3 rings (SSSR count). The number of likely N-dealkylation sites (tertiary alicyclic amines) is 1. The molecule has 1 N–H and O–H groups in total. The highest BCUT2D eigenvalue weighted by atomic mass is 19.1. The smallest absolute Gasteiger partial charge is 0.241 e. The number of rotatable bonds is 5. The molecular weight excluding hydrogens is 335 g/mol. The predicted octanol–water partition coefficient (Wildman–Crippen LogP) is 1.39. The van der Waals surface area contributed by atoms with Crippen LogP contribution >= 0.6 is 0 Å². The Hall–Kier alpha value is -1.99. The minimum absolute atomic E-state index is 0.208. The number of halogens is 1. The molecule has 0 spiro atoms. The second-order valence-electron chi connectivity index (χ2n) is 7.05. The zero-order chi connectivity index (χ0) is 18.5. The fourth-order valence-electron chi connectivity index (χ4n) is 3.53. The van der Waals surface area contributed by atoms with Gasteiger partial charge in [0.05, 0.1) is 18.3 Å². The number of carbonyl (C=O) groups is 2. The number of para-hydroxylation sites is 1. The summed E-state index contributed by atoms with van der Waals surface area (Å²) in [6.45, 7) is 7.02. The Balaban J connectivity index is 1.45. The van der Waals surface area contributed by atoms with Gasteiger partial charge < -0.3 is 10.2 Å². The van der Waals surface area contributed by atoms with E-state index in [9.17, 15) is 14.0 Å². The van der Waals surface area contributed by atoms with Crippen molar-refractivity contribution in [2.75, 3.05) is 51.1 Å². The molecule has 6 nitrogen and oxygen atoms in total. The highest BCUT2D eigenvalue weighted by molar-refractivity contribution is 5.94. The lowest BCUT2D eigenvalue weighted by Gasteiger charge is -2.37. The van der Waals surface area contributed by atoms with Crippen molar-refractivity contribution in [2.24, 2.45) is 0 Å². The molecule has 2 aliphatic heterocycles. The number of hydrogen-bond donors (Lipinski definition) is 1. The number of anilines is 1. The van der Waals surface area contributed by atoms with Crippen LogP contribution in [0.3, 0.4) is 0 Å². The molecule has 0 radical (unpaired) electrons. The number of amides is 2. The Morgan fingerprint density at radius 3 is 2.38 bits per heavy atom. The fraction of sp³-hybridized carbons (Fsp3) is 0.579. The molecule has 7 heteroatoms. The van der Waals surface area contributed by atoms with E-state index in [2.05, 4.69) is 15.1 Å². The average molecular weight is 362 g/mol. The van der Waals surface area contributed by atoms with Crippen molar-refractivity contribution in [2.45, 2.75) is 25.8 Å². The maximum absolute atomic E-state index is 13.7. The first-order chi connectivity index (χ1) is 12.5. The average Bonchev–Trinajstić information content (AvgIpc) is 3.18. The molecule has 2 fully saturated rings. The summed E-state index contributed by atoms with van der Waals surface area (Å²) in [4.78, 5) is 30.8. The Kier molecular flexibility index (Phi) is 6.21. The van der Waals surface area contributed by atoms with Crippen molar-refractivity contribution in [3.63, 3.8) is 0 Å². The van der Waals surface area contributed by atoms with E-state index in [1.54, 1.807) is 18.2 Å². The molecule has 0 saturated carbocycles. The number of carbonyl (C=O) groups excluding carboxylic acids is 2. The molecule has 26 heavy (non-hydrogen) atoms. The van der Waals surface area contributed by atoms with Gasteiger partial charge in [0.2, 0.25) is 11.8 Å². The molecule has 0 aliphatic carbocycles. The summed E-state index contributed by atoms with van der Waals surface area (Å²) in [7, 11) is 0. The summed E-state index contributed by atoms with van der Waals surface area (Å²) in [5, 5.41) is 2.66. The Bertz CT molecular complexity index is 640.